The molecule has 1 fully saturated rings. The highest BCUT2D eigenvalue weighted by Crippen LogP contribution is 2.29. The van der Waals surface area contributed by atoms with Gasteiger partial charge in [0.25, 0.3) is 0 Å². The predicted octanol–water partition coefficient (Wildman–Crippen LogP) is 2.46. The van der Waals surface area contributed by atoms with Crippen molar-refractivity contribution in [2.75, 3.05) is 25.5 Å². The van der Waals surface area contributed by atoms with Gasteiger partial charge in [-0.25, -0.2) is 9.59 Å². The van der Waals surface area contributed by atoms with Crippen LogP contribution in [-0.4, -0.2) is 42.3 Å². The van der Waals surface area contributed by atoms with Gasteiger partial charge in [-0.2, -0.15) is 0 Å². The number of rotatable bonds is 6. The number of ether oxygens (including phenoxy) is 2. The Hall–Kier alpha value is -2.74. The molecular formula is C19H19NO6S. The SMILES string of the molecule is CCOC(=O)/C=C1\SCC(=O)N1CCOc1ccc2c(C)cc(=O)oc2c1. The number of carbonyl (C=O) groups is 2. The Morgan fingerprint density at radius 3 is 2.93 bits per heavy atom. The summed E-state index contributed by atoms with van der Waals surface area (Å²) < 4.78 is 15.8. The van der Waals surface area contributed by atoms with Crippen molar-refractivity contribution in [2.45, 2.75) is 13.8 Å². The van der Waals surface area contributed by atoms with Crippen molar-refractivity contribution in [3.8, 4) is 5.75 Å². The van der Waals surface area contributed by atoms with Crippen LogP contribution in [0.5, 0.6) is 5.75 Å². The van der Waals surface area contributed by atoms with Crippen LogP contribution in [0.3, 0.4) is 0 Å². The molecule has 142 valence electrons. The maximum atomic E-state index is 12.0. The summed E-state index contributed by atoms with van der Waals surface area (Å²) in [6.07, 6.45) is 1.33. The maximum absolute atomic E-state index is 12.0. The second-order valence-electron chi connectivity index (χ2n) is 5.82. The first-order valence-corrected chi connectivity index (χ1v) is 9.45. The molecule has 0 bridgehead atoms. The van der Waals surface area contributed by atoms with E-state index in [4.69, 9.17) is 13.9 Å². The Kier molecular flexibility index (Phi) is 5.85. The molecule has 2 heterocycles. The number of hydrogen-bond acceptors (Lipinski definition) is 7. The fourth-order valence-corrected chi connectivity index (χ4v) is 3.66. The van der Waals surface area contributed by atoms with E-state index in [1.54, 1.807) is 19.1 Å². The smallest absolute Gasteiger partial charge is 0.336 e. The molecule has 1 aliphatic heterocycles. The molecule has 0 saturated carbocycles. The van der Waals surface area contributed by atoms with Crippen molar-refractivity contribution in [3.63, 3.8) is 0 Å². The number of aryl methyl sites for hydroxylation is 1. The quantitative estimate of drug-likeness (QED) is 0.426. The Bertz CT molecular complexity index is 964. The summed E-state index contributed by atoms with van der Waals surface area (Å²) in [4.78, 5) is 36.7. The van der Waals surface area contributed by atoms with Gasteiger partial charge in [-0.3, -0.25) is 4.79 Å². The van der Waals surface area contributed by atoms with E-state index in [1.165, 1.54) is 28.8 Å². The summed E-state index contributed by atoms with van der Waals surface area (Å²) in [5, 5.41) is 1.40. The second kappa shape index (κ2) is 8.30. The second-order valence-corrected chi connectivity index (χ2v) is 6.82. The zero-order chi connectivity index (χ0) is 19.4. The maximum Gasteiger partial charge on any atom is 0.336 e. The molecule has 1 amide bonds. The standard InChI is InChI=1S/C19H19NO6S/c1-3-24-18(22)10-17-20(16(21)11-27-17)6-7-25-13-4-5-14-12(2)8-19(23)26-15(14)9-13/h4-5,8-10H,3,6-7,11H2,1-2H3/b17-10-. The van der Waals surface area contributed by atoms with Crippen LogP contribution >= 0.6 is 11.8 Å². The van der Waals surface area contributed by atoms with E-state index >= 15 is 0 Å². The minimum atomic E-state index is -0.472. The molecule has 7 nitrogen and oxygen atoms in total. The number of thioether (sulfide) groups is 1. The molecule has 0 radical (unpaired) electrons. The first-order chi connectivity index (χ1) is 13.0. The summed E-state index contributed by atoms with van der Waals surface area (Å²) in [7, 11) is 0. The van der Waals surface area contributed by atoms with Crippen molar-refractivity contribution in [1.82, 2.24) is 4.90 Å². The van der Waals surface area contributed by atoms with Crippen molar-refractivity contribution >= 4 is 34.6 Å². The number of amides is 1. The lowest BCUT2D eigenvalue weighted by atomic mass is 10.1. The van der Waals surface area contributed by atoms with Gasteiger partial charge in [0.05, 0.1) is 30.0 Å². The molecule has 0 aliphatic carbocycles. The van der Waals surface area contributed by atoms with Crippen LogP contribution in [0.25, 0.3) is 11.0 Å². The van der Waals surface area contributed by atoms with Crippen molar-refractivity contribution in [2.24, 2.45) is 0 Å². The molecule has 1 aliphatic rings. The number of nitrogens with zero attached hydrogens (tertiary/aromatic N) is 1. The fourth-order valence-electron chi connectivity index (χ4n) is 2.70. The molecule has 2 aromatic rings. The first-order valence-electron chi connectivity index (χ1n) is 8.47. The topological polar surface area (TPSA) is 86.0 Å². The van der Waals surface area contributed by atoms with Crippen LogP contribution in [0.2, 0.25) is 0 Å². The van der Waals surface area contributed by atoms with Crippen molar-refractivity contribution in [1.29, 1.82) is 0 Å². The predicted molar refractivity (Wildman–Crippen MR) is 102 cm³/mol. The summed E-state index contributed by atoms with van der Waals surface area (Å²) in [5.74, 6) is 0.261. The van der Waals surface area contributed by atoms with E-state index in [9.17, 15) is 14.4 Å². The highest BCUT2D eigenvalue weighted by Gasteiger charge is 2.27. The van der Waals surface area contributed by atoms with E-state index in [0.717, 1.165) is 10.9 Å². The number of benzene rings is 1. The monoisotopic (exact) mass is 389 g/mol. The highest BCUT2D eigenvalue weighted by molar-refractivity contribution is 8.04. The molecule has 0 spiro atoms. The fraction of sp³-hybridized carbons (Fsp3) is 0.316. The van der Waals surface area contributed by atoms with Gasteiger partial charge in [-0.15, -0.1) is 0 Å². The summed E-state index contributed by atoms with van der Waals surface area (Å²) in [6.45, 7) is 4.37. The van der Waals surface area contributed by atoms with Crippen molar-refractivity contribution < 1.29 is 23.5 Å². The zero-order valence-electron chi connectivity index (χ0n) is 15.0. The van der Waals surface area contributed by atoms with E-state index in [-0.39, 0.29) is 24.9 Å². The lowest BCUT2D eigenvalue weighted by Crippen LogP contribution is -2.29. The Morgan fingerprint density at radius 1 is 1.33 bits per heavy atom. The lowest BCUT2D eigenvalue weighted by Gasteiger charge is -2.17. The average molecular weight is 389 g/mol. The van der Waals surface area contributed by atoms with E-state index in [0.29, 0.717) is 22.9 Å². The highest BCUT2D eigenvalue weighted by atomic mass is 32.2. The molecule has 1 aromatic heterocycles. The van der Waals surface area contributed by atoms with E-state index < -0.39 is 11.6 Å². The first kappa shape index (κ1) is 19.0. The lowest BCUT2D eigenvalue weighted by molar-refractivity contribution is -0.137. The molecule has 3 rings (SSSR count). The number of fused-ring (bicyclic) bond motifs is 1. The molecular weight excluding hydrogens is 370 g/mol. The molecule has 0 atom stereocenters. The Labute approximate surface area is 159 Å². The third kappa shape index (κ3) is 4.51. The zero-order valence-corrected chi connectivity index (χ0v) is 15.8. The summed E-state index contributed by atoms with van der Waals surface area (Å²) >= 11 is 1.30. The van der Waals surface area contributed by atoms with Crippen LogP contribution in [0.15, 0.2) is 44.6 Å². The third-order valence-corrected chi connectivity index (χ3v) is 4.97. The van der Waals surface area contributed by atoms with Gasteiger partial charge >= 0.3 is 11.6 Å². The van der Waals surface area contributed by atoms with Gasteiger partial charge in [0.2, 0.25) is 5.91 Å². The Balaban J connectivity index is 1.66. The number of hydrogen-bond donors (Lipinski definition) is 0. The third-order valence-electron chi connectivity index (χ3n) is 3.94. The molecule has 8 heteroatoms. The molecule has 1 saturated heterocycles. The van der Waals surface area contributed by atoms with Gasteiger partial charge in [-0.05, 0) is 31.5 Å². The van der Waals surface area contributed by atoms with Gasteiger partial charge in [0.15, 0.2) is 0 Å². The van der Waals surface area contributed by atoms with Crippen LogP contribution in [0, 0.1) is 6.92 Å². The Morgan fingerprint density at radius 2 is 2.15 bits per heavy atom. The van der Waals surface area contributed by atoms with Gasteiger partial charge < -0.3 is 18.8 Å². The van der Waals surface area contributed by atoms with E-state index in [2.05, 4.69) is 0 Å². The van der Waals surface area contributed by atoms with Crippen LogP contribution in [-0.2, 0) is 14.3 Å². The summed E-state index contributed by atoms with van der Waals surface area (Å²) in [6, 6.07) is 6.70. The van der Waals surface area contributed by atoms with Gasteiger partial charge in [0, 0.05) is 17.5 Å². The van der Waals surface area contributed by atoms with Crippen LogP contribution in [0.4, 0.5) is 0 Å². The number of esters is 1. The van der Waals surface area contributed by atoms with Crippen LogP contribution in [0.1, 0.15) is 12.5 Å². The molecule has 0 N–H and O–H groups in total. The number of carbonyl (C=O) groups excluding carboxylic acids is 2. The summed E-state index contributed by atoms with van der Waals surface area (Å²) in [5.41, 5.74) is 0.875. The molecule has 0 unspecified atom stereocenters. The minimum absolute atomic E-state index is 0.0840. The van der Waals surface area contributed by atoms with Crippen LogP contribution < -0.4 is 10.4 Å². The minimum Gasteiger partial charge on any atom is -0.492 e. The molecule has 27 heavy (non-hydrogen) atoms. The largest absolute Gasteiger partial charge is 0.492 e. The van der Waals surface area contributed by atoms with E-state index in [1.807, 2.05) is 13.0 Å². The average Bonchev–Trinajstić information content (AvgIpc) is 2.95. The van der Waals surface area contributed by atoms with Gasteiger partial charge in [0.1, 0.15) is 17.9 Å². The molecule has 1 aromatic carbocycles. The van der Waals surface area contributed by atoms with Gasteiger partial charge in [-0.1, -0.05) is 11.8 Å². The van der Waals surface area contributed by atoms with Crippen molar-refractivity contribution in [3.05, 3.63) is 51.4 Å². The normalized spacial score (nSPS) is 15.6.